The third kappa shape index (κ3) is 2.91. The summed E-state index contributed by atoms with van der Waals surface area (Å²) in [4.78, 5) is 1.84. The van der Waals surface area contributed by atoms with Gasteiger partial charge in [-0.3, -0.25) is 4.90 Å². The predicted octanol–water partition coefficient (Wildman–Crippen LogP) is 3.80. The van der Waals surface area contributed by atoms with Crippen LogP contribution in [0.4, 0.5) is 0 Å². The standard InChI is InChI=1S/C10H12Cl3NO/c1-14(2)10(13)7-4-6(11)5-8(12)9(7)15-3/h4-5,10H,1-3H3. The van der Waals surface area contributed by atoms with Crippen molar-refractivity contribution in [1.82, 2.24) is 4.90 Å². The Hall–Kier alpha value is -0.150. The highest BCUT2D eigenvalue weighted by molar-refractivity contribution is 6.36. The Morgan fingerprint density at radius 2 is 1.87 bits per heavy atom. The minimum Gasteiger partial charge on any atom is -0.495 e. The van der Waals surface area contributed by atoms with E-state index >= 15 is 0 Å². The molecule has 0 aliphatic carbocycles. The molecular formula is C10H12Cl3NO. The van der Waals surface area contributed by atoms with Crippen molar-refractivity contribution in [3.63, 3.8) is 0 Å². The molecule has 0 saturated heterocycles. The second-order valence-corrected chi connectivity index (χ2v) is 4.57. The molecular weight excluding hydrogens is 256 g/mol. The van der Waals surface area contributed by atoms with Crippen molar-refractivity contribution in [2.45, 2.75) is 5.50 Å². The van der Waals surface area contributed by atoms with Gasteiger partial charge in [-0.25, -0.2) is 0 Å². The number of ether oxygens (including phenoxy) is 1. The topological polar surface area (TPSA) is 12.5 Å². The quantitative estimate of drug-likeness (QED) is 0.611. The van der Waals surface area contributed by atoms with Crippen LogP contribution >= 0.6 is 34.8 Å². The van der Waals surface area contributed by atoms with Crippen molar-refractivity contribution >= 4 is 34.8 Å². The molecule has 0 saturated carbocycles. The van der Waals surface area contributed by atoms with Gasteiger partial charge in [-0.1, -0.05) is 23.2 Å². The van der Waals surface area contributed by atoms with Crippen LogP contribution in [-0.4, -0.2) is 26.1 Å². The summed E-state index contributed by atoms with van der Waals surface area (Å²) >= 11 is 18.1. The van der Waals surface area contributed by atoms with Gasteiger partial charge in [-0.2, -0.15) is 0 Å². The van der Waals surface area contributed by atoms with Gasteiger partial charge in [0.25, 0.3) is 0 Å². The van der Waals surface area contributed by atoms with Crippen LogP contribution in [-0.2, 0) is 0 Å². The number of rotatable bonds is 3. The molecule has 1 aromatic carbocycles. The molecule has 1 unspecified atom stereocenters. The van der Waals surface area contributed by atoms with Crippen LogP contribution in [0.1, 0.15) is 11.1 Å². The van der Waals surface area contributed by atoms with E-state index < -0.39 is 0 Å². The summed E-state index contributed by atoms with van der Waals surface area (Å²) in [6.45, 7) is 0. The Labute approximate surface area is 105 Å². The summed E-state index contributed by atoms with van der Waals surface area (Å²) < 4.78 is 5.20. The van der Waals surface area contributed by atoms with Crippen molar-refractivity contribution in [2.24, 2.45) is 0 Å². The zero-order chi connectivity index (χ0) is 11.6. The summed E-state index contributed by atoms with van der Waals surface area (Å²) in [6, 6.07) is 3.38. The average Bonchev–Trinajstić information content (AvgIpc) is 2.15. The molecule has 0 radical (unpaired) electrons. The van der Waals surface area contributed by atoms with Crippen molar-refractivity contribution < 1.29 is 4.74 Å². The minimum absolute atomic E-state index is 0.323. The lowest BCUT2D eigenvalue weighted by molar-refractivity contribution is 0.360. The van der Waals surface area contributed by atoms with Gasteiger partial charge in [-0.05, 0) is 26.2 Å². The summed E-state index contributed by atoms with van der Waals surface area (Å²) in [5, 5.41) is 1.01. The first-order chi connectivity index (χ1) is 6.97. The molecule has 0 aliphatic rings. The normalized spacial score (nSPS) is 13.0. The van der Waals surface area contributed by atoms with E-state index in [1.807, 2.05) is 19.0 Å². The number of nitrogens with zero attached hydrogens (tertiary/aromatic N) is 1. The molecule has 0 bridgehead atoms. The second kappa shape index (κ2) is 5.26. The maximum absolute atomic E-state index is 6.20. The fourth-order valence-electron chi connectivity index (χ4n) is 1.25. The van der Waals surface area contributed by atoms with Crippen LogP contribution in [0.15, 0.2) is 12.1 Å². The van der Waals surface area contributed by atoms with Crippen LogP contribution < -0.4 is 4.74 Å². The maximum Gasteiger partial charge on any atom is 0.143 e. The lowest BCUT2D eigenvalue weighted by Gasteiger charge is -2.21. The van der Waals surface area contributed by atoms with E-state index in [1.165, 1.54) is 0 Å². The fraction of sp³-hybridized carbons (Fsp3) is 0.400. The molecule has 1 rings (SSSR count). The monoisotopic (exact) mass is 267 g/mol. The zero-order valence-electron chi connectivity index (χ0n) is 8.72. The van der Waals surface area contributed by atoms with Gasteiger partial charge >= 0.3 is 0 Å². The van der Waals surface area contributed by atoms with Gasteiger partial charge in [0, 0.05) is 10.6 Å². The lowest BCUT2D eigenvalue weighted by Crippen LogP contribution is -2.15. The van der Waals surface area contributed by atoms with Crippen LogP contribution in [0.3, 0.4) is 0 Å². The summed E-state index contributed by atoms with van der Waals surface area (Å²) in [7, 11) is 5.29. The number of methoxy groups -OCH3 is 1. The van der Waals surface area contributed by atoms with Gasteiger partial charge in [0.2, 0.25) is 0 Å². The first kappa shape index (κ1) is 12.9. The molecule has 5 heteroatoms. The Morgan fingerprint density at radius 1 is 1.27 bits per heavy atom. The van der Waals surface area contributed by atoms with E-state index in [1.54, 1.807) is 19.2 Å². The highest BCUT2D eigenvalue weighted by Gasteiger charge is 2.18. The lowest BCUT2D eigenvalue weighted by atomic mass is 10.2. The van der Waals surface area contributed by atoms with Gasteiger partial charge in [0.15, 0.2) is 0 Å². The van der Waals surface area contributed by atoms with E-state index in [2.05, 4.69) is 0 Å². The maximum atomic E-state index is 6.20. The summed E-state index contributed by atoms with van der Waals surface area (Å²) in [5.74, 6) is 0.565. The van der Waals surface area contributed by atoms with E-state index in [4.69, 9.17) is 39.5 Å². The second-order valence-electron chi connectivity index (χ2n) is 3.31. The van der Waals surface area contributed by atoms with Crippen molar-refractivity contribution in [1.29, 1.82) is 0 Å². The van der Waals surface area contributed by atoms with Crippen LogP contribution in [0.25, 0.3) is 0 Å². The molecule has 0 fully saturated rings. The van der Waals surface area contributed by atoms with Gasteiger partial charge < -0.3 is 4.74 Å². The molecule has 15 heavy (non-hydrogen) atoms. The van der Waals surface area contributed by atoms with Crippen LogP contribution in [0.5, 0.6) is 5.75 Å². The third-order valence-electron chi connectivity index (χ3n) is 1.95. The number of alkyl halides is 1. The average molecular weight is 269 g/mol. The molecule has 0 amide bonds. The molecule has 0 spiro atoms. The molecule has 1 aromatic rings. The first-order valence-electron chi connectivity index (χ1n) is 4.30. The Bertz CT molecular complexity index is 355. The van der Waals surface area contributed by atoms with Crippen molar-refractivity contribution in [3.8, 4) is 5.75 Å². The van der Waals surface area contributed by atoms with Crippen LogP contribution in [0, 0.1) is 0 Å². The van der Waals surface area contributed by atoms with Gasteiger partial charge in [0.1, 0.15) is 11.3 Å². The Kier molecular flexibility index (Phi) is 4.53. The first-order valence-corrected chi connectivity index (χ1v) is 5.50. The smallest absolute Gasteiger partial charge is 0.143 e. The van der Waals surface area contributed by atoms with Crippen LogP contribution in [0.2, 0.25) is 10.0 Å². The van der Waals surface area contributed by atoms with Crippen molar-refractivity contribution in [2.75, 3.05) is 21.2 Å². The predicted molar refractivity (Wildman–Crippen MR) is 65.3 cm³/mol. The number of halogens is 3. The highest BCUT2D eigenvalue weighted by atomic mass is 35.5. The Balaban J connectivity index is 3.26. The fourth-order valence-corrected chi connectivity index (χ4v) is 2.00. The highest BCUT2D eigenvalue weighted by Crippen LogP contribution is 2.38. The molecule has 0 heterocycles. The number of benzene rings is 1. The SMILES string of the molecule is COc1c(Cl)cc(Cl)cc1C(Cl)N(C)C. The molecule has 0 N–H and O–H groups in total. The van der Waals surface area contributed by atoms with Gasteiger partial charge in [-0.15, -0.1) is 11.6 Å². The van der Waals surface area contributed by atoms with Crippen molar-refractivity contribution in [3.05, 3.63) is 27.7 Å². The summed E-state index contributed by atoms with van der Waals surface area (Å²) in [6.07, 6.45) is 0. The largest absolute Gasteiger partial charge is 0.495 e. The van der Waals surface area contributed by atoms with E-state index in [0.29, 0.717) is 15.8 Å². The molecule has 0 aliphatic heterocycles. The summed E-state index contributed by atoms with van der Waals surface area (Å²) in [5.41, 5.74) is 0.442. The van der Waals surface area contributed by atoms with E-state index in [9.17, 15) is 0 Å². The molecule has 1 atom stereocenters. The number of hydrogen-bond donors (Lipinski definition) is 0. The molecule has 84 valence electrons. The minimum atomic E-state index is -0.323. The van der Waals surface area contributed by atoms with E-state index in [-0.39, 0.29) is 5.50 Å². The number of hydrogen-bond acceptors (Lipinski definition) is 2. The van der Waals surface area contributed by atoms with E-state index in [0.717, 1.165) is 5.56 Å². The Morgan fingerprint density at radius 3 is 2.33 bits per heavy atom. The zero-order valence-corrected chi connectivity index (χ0v) is 11.0. The van der Waals surface area contributed by atoms with Gasteiger partial charge in [0.05, 0.1) is 12.1 Å². The molecule has 2 nitrogen and oxygen atoms in total. The molecule has 0 aromatic heterocycles. The third-order valence-corrected chi connectivity index (χ3v) is 3.08.